The molecule has 2 aromatic heterocycles. The molecule has 2 heterocycles. The Morgan fingerprint density at radius 1 is 1.05 bits per heavy atom. The number of nitrogens with one attached hydrogen (secondary N) is 2. The van der Waals surface area contributed by atoms with Gasteiger partial charge in [-0.3, -0.25) is 14.2 Å². The molecule has 38 heavy (non-hydrogen) atoms. The fourth-order valence-corrected chi connectivity index (χ4v) is 4.01. The van der Waals surface area contributed by atoms with Gasteiger partial charge >= 0.3 is 5.69 Å². The fraction of sp³-hybridized carbons (Fsp3) is 0.222. The highest BCUT2D eigenvalue weighted by atomic mass is 19.1. The molecule has 4 aromatic rings. The van der Waals surface area contributed by atoms with Crippen molar-refractivity contribution in [3.63, 3.8) is 0 Å². The Morgan fingerprint density at radius 2 is 1.79 bits per heavy atom. The number of anilines is 2. The Kier molecular flexibility index (Phi) is 6.50. The lowest BCUT2D eigenvalue weighted by atomic mass is 10.1. The van der Waals surface area contributed by atoms with Crippen LogP contribution in [-0.2, 0) is 11.8 Å². The quantitative estimate of drug-likeness (QED) is 0.381. The zero-order chi connectivity index (χ0) is 27.0. The van der Waals surface area contributed by atoms with E-state index in [1.807, 2.05) is 32.0 Å². The maximum atomic E-state index is 14.8. The summed E-state index contributed by atoms with van der Waals surface area (Å²) in [5.41, 5.74) is 1.95. The number of nitrogens with zero attached hydrogens (tertiary/aromatic N) is 4. The molecule has 2 N–H and O–H groups in total. The third-order valence-corrected chi connectivity index (χ3v) is 6.18. The summed E-state index contributed by atoms with van der Waals surface area (Å²) >= 11 is 0. The van der Waals surface area contributed by atoms with Crippen molar-refractivity contribution in [2.45, 2.75) is 26.7 Å². The van der Waals surface area contributed by atoms with E-state index in [2.05, 4.69) is 20.7 Å². The molecule has 0 spiro atoms. The Hall–Kier alpha value is -4.80. The summed E-state index contributed by atoms with van der Waals surface area (Å²) in [5, 5.41) is 9.52. The molecule has 1 saturated carbocycles. The van der Waals surface area contributed by atoms with Crippen LogP contribution >= 0.6 is 0 Å². The average molecular weight is 517 g/mol. The molecule has 0 bridgehead atoms. The van der Waals surface area contributed by atoms with Crippen molar-refractivity contribution >= 4 is 23.3 Å². The van der Waals surface area contributed by atoms with E-state index in [0.29, 0.717) is 11.5 Å². The molecule has 5 rings (SSSR count). The van der Waals surface area contributed by atoms with Gasteiger partial charge in [-0.1, -0.05) is 18.2 Å². The van der Waals surface area contributed by atoms with E-state index in [1.165, 1.54) is 42.2 Å². The maximum absolute atomic E-state index is 14.8. The van der Waals surface area contributed by atoms with Gasteiger partial charge < -0.3 is 15.4 Å². The summed E-state index contributed by atoms with van der Waals surface area (Å²) in [6, 6.07) is 12.6. The van der Waals surface area contributed by atoms with Gasteiger partial charge in [-0.05, 0) is 56.0 Å². The number of para-hydroxylation sites is 1. The van der Waals surface area contributed by atoms with Crippen LogP contribution in [0.25, 0.3) is 5.69 Å². The van der Waals surface area contributed by atoms with Crippen molar-refractivity contribution in [3.05, 3.63) is 88.0 Å². The summed E-state index contributed by atoms with van der Waals surface area (Å²) < 4.78 is 22.8. The number of hydrogen-bond donors (Lipinski definition) is 2. The first kappa shape index (κ1) is 24.9. The highest BCUT2D eigenvalue weighted by Gasteiger charge is 2.29. The molecule has 10 nitrogen and oxygen atoms in total. The number of aromatic nitrogens is 4. The molecular weight excluding hydrogens is 491 g/mol. The first-order valence-electron chi connectivity index (χ1n) is 12.0. The number of rotatable bonds is 7. The molecule has 0 saturated heterocycles. The lowest BCUT2D eigenvalue weighted by Gasteiger charge is -2.10. The molecule has 0 unspecified atom stereocenters. The Morgan fingerprint density at radius 3 is 2.47 bits per heavy atom. The minimum atomic E-state index is -0.724. The molecule has 1 aliphatic rings. The monoisotopic (exact) mass is 516 g/mol. The number of benzene rings is 2. The zero-order valence-electron chi connectivity index (χ0n) is 21.0. The molecule has 2 amide bonds. The lowest BCUT2D eigenvalue weighted by molar-refractivity contribution is -0.117. The third kappa shape index (κ3) is 5.03. The SMILES string of the molecule is Cc1cccc(C)c1-n1nc(C(=O)Nc2ccc(Oc3ccnc(NC(=O)C4CC4)c3)c(F)c2)n(C)c1=O. The van der Waals surface area contributed by atoms with Crippen LogP contribution in [0.15, 0.2) is 59.5 Å². The Bertz CT molecular complexity index is 1600. The van der Waals surface area contributed by atoms with Crippen molar-refractivity contribution in [1.29, 1.82) is 0 Å². The lowest BCUT2D eigenvalue weighted by Crippen LogP contribution is -2.24. The van der Waals surface area contributed by atoms with Crippen molar-refractivity contribution < 1.29 is 18.7 Å². The summed E-state index contributed by atoms with van der Waals surface area (Å²) in [6.45, 7) is 3.71. The highest BCUT2D eigenvalue weighted by molar-refractivity contribution is 6.01. The molecule has 0 aliphatic heterocycles. The molecule has 11 heteroatoms. The smallest absolute Gasteiger partial charge is 0.350 e. The summed E-state index contributed by atoms with van der Waals surface area (Å²) in [4.78, 5) is 41.8. The molecule has 0 radical (unpaired) electrons. The van der Waals surface area contributed by atoms with Crippen LogP contribution in [-0.4, -0.2) is 31.1 Å². The number of carbonyl (C=O) groups excluding carboxylic acids is 2. The summed E-state index contributed by atoms with van der Waals surface area (Å²) in [7, 11) is 1.45. The van der Waals surface area contributed by atoms with E-state index in [4.69, 9.17) is 4.74 Å². The van der Waals surface area contributed by atoms with E-state index in [1.54, 1.807) is 0 Å². The molecule has 1 aliphatic carbocycles. The van der Waals surface area contributed by atoms with Crippen LogP contribution in [0.2, 0.25) is 0 Å². The second-order valence-electron chi connectivity index (χ2n) is 9.16. The van der Waals surface area contributed by atoms with Crippen molar-refractivity contribution in [3.8, 4) is 17.2 Å². The standard InChI is InChI=1S/C27H25FN6O4/c1-15-5-4-6-16(2)23(15)34-27(37)33(3)24(32-34)26(36)30-18-9-10-21(20(28)13-18)38-19-11-12-29-22(14-19)31-25(35)17-7-8-17/h4-6,9-14,17H,7-8H2,1-3H3,(H,30,36)(H,29,31,35). The number of carbonyl (C=O) groups is 2. The van der Waals surface area contributed by atoms with Gasteiger partial charge in [0, 0.05) is 37.0 Å². The van der Waals surface area contributed by atoms with Crippen LogP contribution in [0.4, 0.5) is 15.9 Å². The van der Waals surface area contributed by atoms with Crippen LogP contribution in [0, 0.1) is 25.6 Å². The number of halogens is 1. The van der Waals surface area contributed by atoms with Crippen molar-refractivity contribution in [2.24, 2.45) is 13.0 Å². The van der Waals surface area contributed by atoms with E-state index >= 15 is 0 Å². The normalized spacial score (nSPS) is 12.7. The van der Waals surface area contributed by atoms with Crippen LogP contribution in [0.3, 0.4) is 0 Å². The molecule has 194 valence electrons. The van der Waals surface area contributed by atoms with Crippen molar-refractivity contribution in [2.75, 3.05) is 10.6 Å². The van der Waals surface area contributed by atoms with Crippen LogP contribution in [0.5, 0.6) is 11.5 Å². The van der Waals surface area contributed by atoms with Gasteiger partial charge in [-0.25, -0.2) is 14.2 Å². The van der Waals surface area contributed by atoms with Gasteiger partial charge in [0.15, 0.2) is 11.6 Å². The maximum Gasteiger partial charge on any atom is 0.350 e. The fourth-order valence-electron chi connectivity index (χ4n) is 4.01. The van der Waals surface area contributed by atoms with Gasteiger partial charge in [-0.15, -0.1) is 5.10 Å². The van der Waals surface area contributed by atoms with Gasteiger partial charge in [0.1, 0.15) is 11.6 Å². The van der Waals surface area contributed by atoms with Crippen LogP contribution in [0.1, 0.15) is 34.6 Å². The van der Waals surface area contributed by atoms with Gasteiger partial charge in [-0.2, -0.15) is 4.68 Å². The predicted octanol–water partition coefficient (Wildman–Crippen LogP) is 4.12. The topological polar surface area (TPSA) is 120 Å². The highest BCUT2D eigenvalue weighted by Crippen LogP contribution is 2.31. The second kappa shape index (κ2) is 9.92. The predicted molar refractivity (Wildman–Crippen MR) is 138 cm³/mol. The third-order valence-electron chi connectivity index (χ3n) is 6.18. The molecular formula is C27H25FN6O4. The Balaban J connectivity index is 1.31. The molecule has 1 fully saturated rings. The molecule has 0 atom stereocenters. The van der Waals surface area contributed by atoms with Crippen LogP contribution < -0.4 is 21.1 Å². The first-order valence-corrected chi connectivity index (χ1v) is 12.0. The van der Waals surface area contributed by atoms with Gasteiger partial charge in [0.2, 0.25) is 11.7 Å². The first-order chi connectivity index (χ1) is 18.2. The number of aryl methyl sites for hydroxylation is 2. The molecule has 2 aromatic carbocycles. The Labute approximate surface area is 217 Å². The van der Waals surface area contributed by atoms with E-state index < -0.39 is 17.4 Å². The zero-order valence-corrected chi connectivity index (χ0v) is 21.0. The second-order valence-corrected chi connectivity index (χ2v) is 9.16. The number of ether oxygens (including phenoxy) is 1. The summed E-state index contributed by atoms with van der Waals surface area (Å²) in [5.74, 6) is -1.09. The van der Waals surface area contributed by atoms with E-state index in [-0.39, 0.29) is 34.8 Å². The van der Waals surface area contributed by atoms with Gasteiger partial charge in [0.25, 0.3) is 5.91 Å². The largest absolute Gasteiger partial charge is 0.454 e. The minimum absolute atomic E-state index is 0.0179. The number of pyridine rings is 1. The number of hydrogen-bond acceptors (Lipinski definition) is 6. The average Bonchev–Trinajstić information content (AvgIpc) is 3.68. The van der Waals surface area contributed by atoms with E-state index in [9.17, 15) is 18.8 Å². The summed E-state index contributed by atoms with van der Waals surface area (Å²) in [6.07, 6.45) is 3.17. The van der Waals surface area contributed by atoms with Gasteiger partial charge in [0.05, 0.1) is 5.69 Å². The minimum Gasteiger partial charge on any atom is -0.454 e. The van der Waals surface area contributed by atoms with Crippen molar-refractivity contribution in [1.82, 2.24) is 19.3 Å². The number of amides is 2. The van der Waals surface area contributed by atoms with E-state index in [0.717, 1.165) is 34.6 Å².